The minimum atomic E-state index is -1.92. The van der Waals surface area contributed by atoms with Gasteiger partial charge in [0.15, 0.2) is 0 Å². The Labute approximate surface area is 282 Å². The monoisotopic (exact) mass is 498 g/mol. The molecule has 0 aromatic carbocycles. The number of rotatable bonds is 0. The summed E-state index contributed by atoms with van der Waals surface area (Å²) in [6.07, 6.45) is -5.64. The molecule has 0 saturated heterocycles. The Morgan fingerprint density at radius 3 is 1.14 bits per heavy atom. The maximum atomic E-state index is 9.86. The van der Waals surface area contributed by atoms with E-state index in [-0.39, 0.29) is 241 Å². The van der Waals surface area contributed by atoms with Crippen LogP contribution in [0.1, 0.15) is 0 Å². The van der Waals surface area contributed by atoms with Gasteiger partial charge in [-0.3, -0.25) is 0 Å². The van der Waals surface area contributed by atoms with Crippen LogP contribution in [-0.4, -0.2) is 269 Å². The molecule has 0 unspecified atom stereocenters. The Morgan fingerprint density at radius 1 is 0.786 bits per heavy atom. The van der Waals surface area contributed by atoms with Gasteiger partial charge < -0.3 is 19.7 Å². The van der Waals surface area contributed by atoms with Gasteiger partial charge in [-0.05, 0) is 0 Å². The Kier molecular flexibility index (Phi) is 47.5. The quantitative estimate of drug-likeness (QED) is 0.224. The van der Waals surface area contributed by atoms with Crippen LogP contribution in [0, 0.1) is 0 Å². The predicted molar refractivity (Wildman–Crippen MR) is 52.2 cm³/mol. The summed E-state index contributed by atoms with van der Waals surface area (Å²) in [4.78, 5) is 28.8. The molecule has 0 heterocycles. The second-order valence-corrected chi connectivity index (χ2v) is 0.986. The fraction of sp³-hybridized carbons (Fsp3) is 0. The van der Waals surface area contributed by atoms with Gasteiger partial charge in [0.1, 0.15) is 0 Å². The van der Waals surface area contributed by atoms with E-state index in [1.54, 1.807) is 0 Å². The van der Waals surface area contributed by atoms with Crippen LogP contribution in [0.3, 0.4) is 0 Å². The van der Waals surface area contributed by atoms with Crippen LogP contribution in [0.25, 0.3) is 0 Å². The van der Waals surface area contributed by atoms with Crippen molar-refractivity contribution in [2.75, 3.05) is 0 Å². The van der Waals surface area contributed by atoms with E-state index in [1.165, 1.54) is 0 Å². The molecule has 64 valence electrons. The molecule has 14 heavy (non-hydrogen) atoms. The van der Waals surface area contributed by atoms with Crippen molar-refractivity contribution in [3.8, 4) is 0 Å². The van der Waals surface area contributed by atoms with Crippen molar-refractivity contribution < 1.29 is 34.1 Å². The summed E-state index contributed by atoms with van der Waals surface area (Å²) in [5.74, 6) is 0. The van der Waals surface area contributed by atoms with Crippen molar-refractivity contribution in [1.29, 1.82) is 0 Å². The molecule has 0 aromatic rings. The van der Waals surface area contributed by atoms with Gasteiger partial charge in [-0.2, -0.15) is 0 Å². The summed E-state index contributed by atoms with van der Waals surface area (Å²) in [7, 11) is 0. The molecule has 0 aliphatic heterocycles. The second-order valence-electron chi connectivity index (χ2n) is 0.986. The van der Waals surface area contributed by atoms with Gasteiger partial charge in [-0.15, -0.1) is 0 Å². The Hall–Kier alpha value is 5.59. The maximum absolute atomic E-state index is 9.86. The standard InChI is InChI=1S/C3H2O7.2Cs.2K.4H/c4-1(5)9-3(8)10-2(6)7;;;;;;;;/h(H,4,5)(H,6,7);;;;;;;;. The van der Waals surface area contributed by atoms with Crippen LogP contribution in [0.5, 0.6) is 0 Å². The van der Waals surface area contributed by atoms with Crippen LogP contribution < -0.4 is 0 Å². The van der Waals surface area contributed by atoms with Crippen LogP contribution in [0.15, 0.2) is 0 Å². The first-order valence-corrected chi connectivity index (χ1v) is 1.88. The first-order valence-electron chi connectivity index (χ1n) is 1.88. The van der Waals surface area contributed by atoms with E-state index in [9.17, 15) is 14.4 Å². The van der Waals surface area contributed by atoms with Crippen LogP contribution in [0.2, 0.25) is 0 Å². The number of carbonyl (C=O) groups is 3. The molecule has 0 amide bonds. The zero-order chi connectivity index (χ0) is 8.15. The van der Waals surface area contributed by atoms with Crippen molar-refractivity contribution in [2.24, 2.45) is 0 Å². The molecular formula is C3H6Cs2K2O7. The van der Waals surface area contributed by atoms with Crippen molar-refractivity contribution in [3.05, 3.63) is 0 Å². The number of carbonyl (C=O) groups excluding carboxylic acids is 1. The van der Waals surface area contributed by atoms with Crippen LogP contribution in [0.4, 0.5) is 14.4 Å². The zero-order valence-electron chi connectivity index (χ0n) is 4.44. The third-order valence-corrected chi connectivity index (χ3v) is 0.341. The molecule has 0 aromatic heterocycles. The van der Waals surface area contributed by atoms with E-state index in [1.807, 2.05) is 0 Å². The van der Waals surface area contributed by atoms with Crippen molar-refractivity contribution >= 4 is 259 Å². The van der Waals surface area contributed by atoms with E-state index in [4.69, 9.17) is 10.2 Å². The third kappa shape index (κ3) is 26.2. The summed E-state index contributed by atoms with van der Waals surface area (Å²) in [5, 5.41) is 15.4. The van der Waals surface area contributed by atoms with Gasteiger partial charge in [0, 0.05) is 0 Å². The van der Waals surface area contributed by atoms with E-state index in [0.717, 1.165) is 0 Å². The van der Waals surface area contributed by atoms with Crippen molar-refractivity contribution in [2.45, 2.75) is 0 Å². The second kappa shape index (κ2) is 20.9. The first kappa shape index (κ1) is 31.8. The summed E-state index contributed by atoms with van der Waals surface area (Å²) >= 11 is 0. The third-order valence-electron chi connectivity index (χ3n) is 0.341. The van der Waals surface area contributed by atoms with Gasteiger partial charge in [-0.25, -0.2) is 14.4 Å². The number of hydrogen-bond donors (Lipinski definition) is 2. The van der Waals surface area contributed by atoms with Gasteiger partial charge >= 0.3 is 259 Å². The van der Waals surface area contributed by atoms with E-state index < -0.39 is 18.5 Å². The summed E-state index contributed by atoms with van der Waals surface area (Å²) in [6.45, 7) is 0. The first-order chi connectivity index (χ1) is 4.52. The Balaban J connectivity index is -0.0000000675. The number of carboxylic acid groups (broad SMARTS) is 2. The van der Waals surface area contributed by atoms with Gasteiger partial charge in [0.05, 0.1) is 0 Å². The molecule has 11 heteroatoms. The fourth-order valence-electron chi connectivity index (χ4n) is 0.163. The van der Waals surface area contributed by atoms with E-state index in [0.29, 0.717) is 0 Å². The Morgan fingerprint density at radius 2 is 1.00 bits per heavy atom. The van der Waals surface area contributed by atoms with Crippen LogP contribution in [-0.2, 0) is 9.47 Å². The van der Waals surface area contributed by atoms with Crippen LogP contribution >= 0.6 is 0 Å². The summed E-state index contributed by atoms with van der Waals surface area (Å²) < 4.78 is 6.47. The van der Waals surface area contributed by atoms with E-state index >= 15 is 0 Å². The SMILES string of the molecule is O=C(O)OC(=O)OC(=O)O.[CsH].[CsH].[KH].[KH]. The average Bonchev–Trinajstić information content (AvgIpc) is 1.58. The predicted octanol–water partition coefficient (Wildman–Crippen LogP) is -2.10. The zero-order valence-corrected chi connectivity index (χ0v) is 4.44. The fourth-order valence-corrected chi connectivity index (χ4v) is 0.163. The number of hydrogen-bond acceptors (Lipinski definition) is 5. The van der Waals surface area contributed by atoms with Crippen molar-refractivity contribution in [3.63, 3.8) is 0 Å². The molecule has 0 saturated carbocycles. The molecule has 0 bridgehead atoms. The average molecular weight is 498 g/mol. The van der Waals surface area contributed by atoms with Gasteiger partial charge in [-0.1, -0.05) is 0 Å². The summed E-state index contributed by atoms with van der Waals surface area (Å²) in [5.41, 5.74) is 0. The molecule has 0 atom stereocenters. The van der Waals surface area contributed by atoms with Crippen molar-refractivity contribution in [1.82, 2.24) is 0 Å². The minimum absolute atomic E-state index is 0. The summed E-state index contributed by atoms with van der Waals surface area (Å²) in [6, 6.07) is 0. The normalized spacial score (nSPS) is 5.71. The van der Waals surface area contributed by atoms with Gasteiger partial charge in [0.25, 0.3) is 0 Å². The molecule has 0 aliphatic rings. The molecule has 0 spiro atoms. The molecule has 0 fully saturated rings. The topological polar surface area (TPSA) is 110 Å². The molecule has 7 nitrogen and oxygen atoms in total. The molecule has 0 rings (SSSR count). The Bertz CT molecular complexity index is 168. The molecule has 2 N–H and O–H groups in total. The van der Waals surface area contributed by atoms with E-state index in [2.05, 4.69) is 9.47 Å². The molecular weight excluding hydrogens is 492 g/mol. The molecule has 0 aliphatic carbocycles. The van der Waals surface area contributed by atoms with Gasteiger partial charge in [0.2, 0.25) is 0 Å². The molecule has 0 radical (unpaired) electrons. The number of ether oxygens (including phenoxy) is 2.